The van der Waals surface area contributed by atoms with Gasteiger partial charge in [0.2, 0.25) is 5.91 Å². The van der Waals surface area contributed by atoms with Crippen molar-refractivity contribution in [2.24, 2.45) is 0 Å². The van der Waals surface area contributed by atoms with Crippen LogP contribution in [0, 0.1) is 13.8 Å². The van der Waals surface area contributed by atoms with Crippen molar-refractivity contribution in [1.82, 2.24) is 5.32 Å². The Balaban J connectivity index is 1.72. The number of aliphatic hydroxyl groups is 1. The summed E-state index contributed by atoms with van der Waals surface area (Å²) in [5.41, 5.74) is 1.21. The predicted octanol–water partition coefficient (Wildman–Crippen LogP) is 1.34. The number of benzene rings is 1. The first-order valence-electron chi connectivity index (χ1n) is 7.26. The van der Waals surface area contributed by atoms with E-state index < -0.39 is 5.60 Å². The molecule has 2 rings (SSSR count). The van der Waals surface area contributed by atoms with Crippen molar-refractivity contribution < 1.29 is 19.4 Å². The first-order valence-corrected chi connectivity index (χ1v) is 7.26. The fourth-order valence-electron chi connectivity index (χ4n) is 2.36. The van der Waals surface area contributed by atoms with E-state index in [1.54, 1.807) is 0 Å². The Hall–Kier alpha value is -1.59. The molecule has 1 aromatic rings. The lowest BCUT2D eigenvalue weighted by molar-refractivity contribution is -0.122. The molecule has 0 radical (unpaired) electrons. The van der Waals surface area contributed by atoms with Crippen LogP contribution in [0.4, 0.5) is 0 Å². The fraction of sp³-hybridized carbons (Fsp3) is 0.562. The number of hydrogen-bond donors (Lipinski definition) is 2. The molecule has 1 amide bonds. The molecule has 1 heterocycles. The highest BCUT2D eigenvalue weighted by molar-refractivity contribution is 5.76. The van der Waals surface area contributed by atoms with Crippen molar-refractivity contribution in [2.45, 2.75) is 32.3 Å². The average molecular weight is 293 g/mol. The number of ether oxygens (including phenoxy) is 2. The van der Waals surface area contributed by atoms with Gasteiger partial charge in [0.05, 0.1) is 19.6 Å². The normalized spacial score (nSPS) is 21.3. The van der Waals surface area contributed by atoms with E-state index >= 15 is 0 Å². The van der Waals surface area contributed by atoms with Gasteiger partial charge in [0, 0.05) is 19.6 Å². The monoisotopic (exact) mass is 293 g/mol. The standard InChI is InChI=1S/C16H23NO4/c1-12-4-3-5-13(2)15(12)21-8-6-14(18)17-10-16(19)7-9-20-11-16/h3-5,19H,6-11H2,1-2H3,(H,17,18). The molecule has 1 aliphatic rings. The van der Waals surface area contributed by atoms with E-state index in [0.717, 1.165) is 16.9 Å². The lowest BCUT2D eigenvalue weighted by Gasteiger charge is -2.20. The lowest BCUT2D eigenvalue weighted by Crippen LogP contribution is -2.43. The van der Waals surface area contributed by atoms with E-state index in [1.807, 2.05) is 32.0 Å². The van der Waals surface area contributed by atoms with Crippen LogP contribution in [0.25, 0.3) is 0 Å². The van der Waals surface area contributed by atoms with Gasteiger partial charge in [0.25, 0.3) is 0 Å². The van der Waals surface area contributed by atoms with E-state index in [9.17, 15) is 9.90 Å². The van der Waals surface area contributed by atoms with Gasteiger partial charge in [-0.15, -0.1) is 0 Å². The highest BCUT2D eigenvalue weighted by atomic mass is 16.5. The molecule has 5 heteroatoms. The Kier molecular flexibility index (Phi) is 5.20. The molecule has 2 N–H and O–H groups in total. The van der Waals surface area contributed by atoms with Crippen molar-refractivity contribution in [3.05, 3.63) is 29.3 Å². The minimum Gasteiger partial charge on any atom is -0.493 e. The Morgan fingerprint density at radius 1 is 1.43 bits per heavy atom. The number of para-hydroxylation sites is 1. The Morgan fingerprint density at radius 2 is 2.14 bits per heavy atom. The number of rotatable bonds is 6. The molecule has 0 aliphatic carbocycles. The van der Waals surface area contributed by atoms with E-state index in [4.69, 9.17) is 9.47 Å². The van der Waals surface area contributed by atoms with Gasteiger partial charge < -0.3 is 19.9 Å². The summed E-state index contributed by atoms with van der Waals surface area (Å²) in [6.07, 6.45) is 0.830. The average Bonchev–Trinajstić information content (AvgIpc) is 2.87. The van der Waals surface area contributed by atoms with Gasteiger partial charge in [-0.1, -0.05) is 18.2 Å². The van der Waals surface area contributed by atoms with E-state index in [-0.39, 0.29) is 25.5 Å². The summed E-state index contributed by atoms with van der Waals surface area (Å²) in [5, 5.41) is 12.8. The van der Waals surface area contributed by atoms with Gasteiger partial charge >= 0.3 is 0 Å². The summed E-state index contributed by atoms with van der Waals surface area (Å²) in [6, 6.07) is 5.95. The molecule has 1 fully saturated rings. The van der Waals surface area contributed by atoms with Crippen molar-refractivity contribution in [3.8, 4) is 5.75 Å². The molecule has 5 nitrogen and oxygen atoms in total. The first kappa shape index (κ1) is 15.8. The summed E-state index contributed by atoms with van der Waals surface area (Å²) in [5.74, 6) is 0.717. The molecule has 1 saturated heterocycles. The zero-order chi connectivity index (χ0) is 15.3. The second-order valence-electron chi connectivity index (χ2n) is 5.62. The third-order valence-electron chi connectivity index (χ3n) is 3.68. The van der Waals surface area contributed by atoms with Gasteiger partial charge in [0.15, 0.2) is 0 Å². The van der Waals surface area contributed by atoms with Gasteiger partial charge in [-0.2, -0.15) is 0 Å². The maximum atomic E-state index is 11.8. The maximum absolute atomic E-state index is 11.8. The van der Waals surface area contributed by atoms with E-state index in [0.29, 0.717) is 19.6 Å². The largest absolute Gasteiger partial charge is 0.493 e. The van der Waals surface area contributed by atoms with Crippen molar-refractivity contribution in [3.63, 3.8) is 0 Å². The Morgan fingerprint density at radius 3 is 2.76 bits per heavy atom. The van der Waals surface area contributed by atoms with E-state index in [2.05, 4.69) is 5.32 Å². The molecular formula is C16H23NO4. The summed E-state index contributed by atoms with van der Waals surface area (Å²) in [4.78, 5) is 11.8. The molecule has 116 valence electrons. The van der Waals surface area contributed by atoms with Gasteiger partial charge in [-0.3, -0.25) is 4.79 Å². The van der Waals surface area contributed by atoms with Crippen LogP contribution in [-0.4, -0.2) is 43.0 Å². The molecule has 1 unspecified atom stereocenters. The SMILES string of the molecule is Cc1cccc(C)c1OCCC(=O)NCC1(O)CCOC1. The predicted molar refractivity (Wildman–Crippen MR) is 79.4 cm³/mol. The quantitative estimate of drug-likeness (QED) is 0.830. The Bertz CT molecular complexity index is 475. The van der Waals surface area contributed by atoms with Crippen LogP contribution in [-0.2, 0) is 9.53 Å². The second-order valence-corrected chi connectivity index (χ2v) is 5.62. The summed E-state index contributed by atoms with van der Waals surface area (Å²) < 4.78 is 10.8. The third kappa shape index (κ3) is 4.44. The molecule has 0 aromatic heterocycles. The molecule has 1 aliphatic heterocycles. The third-order valence-corrected chi connectivity index (χ3v) is 3.68. The molecule has 1 atom stereocenters. The smallest absolute Gasteiger partial charge is 0.223 e. The van der Waals surface area contributed by atoms with Crippen molar-refractivity contribution in [1.29, 1.82) is 0 Å². The number of carbonyl (C=O) groups excluding carboxylic acids is 1. The summed E-state index contributed by atoms with van der Waals surface area (Å²) >= 11 is 0. The van der Waals surface area contributed by atoms with Crippen LogP contribution in [0.2, 0.25) is 0 Å². The maximum Gasteiger partial charge on any atom is 0.223 e. The minimum absolute atomic E-state index is 0.124. The molecule has 0 saturated carbocycles. The molecule has 0 bridgehead atoms. The van der Waals surface area contributed by atoms with Gasteiger partial charge in [-0.25, -0.2) is 0 Å². The highest BCUT2D eigenvalue weighted by Gasteiger charge is 2.32. The lowest BCUT2D eigenvalue weighted by atomic mass is 10.0. The fourth-order valence-corrected chi connectivity index (χ4v) is 2.36. The highest BCUT2D eigenvalue weighted by Crippen LogP contribution is 2.22. The number of nitrogens with one attached hydrogen (secondary N) is 1. The van der Waals surface area contributed by atoms with Crippen LogP contribution in [0.1, 0.15) is 24.0 Å². The summed E-state index contributed by atoms with van der Waals surface area (Å²) in [7, 11) is 0. The van der Waals surface area contributed by atoms with Gasteiger partial charge in [-0.05, 0) is 25.0 Å². The second kappa shape index (κ2) is 6.91. The van der Waals surface area contributed by atoms with E-state index in [1.165, 1.54) is 0 Å². The number of aryl methyl sites for hydroxylation is 2. The van der Waals surface area contributed by atoms with Crippen LogP contribution >= 0.6 is 0 Å². The zero-order valence-corrected chi connectivity index (χ0v) is 12.6. The molecular weight excluding hydrogens is 270 g/mol. The van der Waals surface area contributed by atoms with Gasteiger partial charge in [0.1, 0.15) is 11.4 Å². The van der Waals surface area contributed by atoms with Crippen LogP contribution in [0.15, 0.2) is 18.2 Å². The molecule has 1 aromatic carbocycles. The Labute approximate surface area is 125 Å². The zero-order valence-electron chi connectivity index (χ0n) is 12.6. The topological polar surface area (TPSA) is 67.8 Å². The van der Waals surface area contributed by atoms with Crippen LogP contribution < -0.4 is 10.1 Å². The first-order chi connectivity index (χ1) is 10.0. The van der Waals surface area contributed by atoms with Crippen molar-refractivity contribution >= 4 is 5.91 Å². The number of amides is 1. The summed E-state index contributed by atoms with van der Waals surface area (Å²) in [6.45, 7) is 5.35. The number of hydrogen-bond acceptors (Lipinski definition) is 4. The molecule has 0 spiro atoms. The van der Waals surface area contributed by atoms with Crippen LogP contribution in [0.3, 0.4) is 0 Å². The van der Waals surface area contributed by atoms with Crippen LogP contribution in [0.5, 0.6) is 5.75 Å². The van der Waals surface area contributed by atoms with Crippen molar-refractivity contribution in [2.75, 3.05) is 26.4 Å². The number of carbonyl (C=O) groups is 1. The minimum atomic E-state index is -0.914. The molecule has 21 heavy (non-hydrogen) atoms.